The number of hydrogen-bond acceptors (Lipinski definition) is 4. The lowest BCUT2D eigenvalue weighted by Crippen LogP contribution is -2.29. The molecule has 1 aliphatic carbocycles. The molecule has 1 N–H and O–H groups in total. The maximum Gasteiger partial charge on any atom is 0.257 e. The lowest BCUT2D eigenvalue weighted by Gasteiger charge is -2.15. The molecule has 0 bridgehead atoms. The van der Waals surface area contributed by atoms with E-state index in [0.29, 0.717) is 5.22 Å². The highest BCUT2D eigenvalue weighted by molar-refractivity contribution is 7.99. The van der Waals surface area contributed by atoms with E-state index in [9.17, 15) is 4.79 Å². The first-order valence-electron chi connectivity index (χ1n) is 8.75. The zero-order valence-corrected chi connectivity index (χ0v) is 15.2. The molecule has 132 valence electrons. The Balaban J connectivity index is 1.33. The molecule has 1 aliphatic rings. The number of oxazole rings is 1. The molecule has 4 nitrogen and oxygen atoms in total. The largest absolute Gasteiger partial charge is 0.431 e. The van der Waals surface area contributed by atoms with Crippen LogP contribution >= 0.6 is 11.8 Å². The van der Waals surface area contributed by atoms with Crippen LogP contribution in [0, 0.1) is 0 Å². The van der Waals surface area contributed by atoms with Crippen molar-refractivity contribution in [1.82, 2.24) is 10.3 Å². The smallest absolute Gasteiger partial charge is 0.257 e. The van der Waals surface area contributed by atoms with Gasteiger partial charge in [-0.3, -0.25) is 4.79 Å². The first-order valence-corrected chi connectivity index (χ1v) is 9.74. The molecule has 1 heterocycles. The summed E-state index contributed by atoms with van der Waals surface area (Å²) in [6, 6.07) is 23.9. The van der Waals surface area contributed by atoms with Gasteiger partial charge < -0.3 is 9.73 Å². The standard InChI is InChI=1S/C22H16N2O2S/c25-20(13-27-22-23-18-11-5-6-12-19(18)26-22)24-21-16-9-3-1-7-14(16)15-8-2-4-10-17(15)21/h1-12,21H,13H2,(H,24,25). The second-order valence-electron chi connectivity index (χ2n) is 6.41. The molecule has 0 saturated heterocycles. The number of hydrogen-bond donors (Lipinski definition) is 1. The van der Waals surface area contributed by atoms with Crippen molar-refractivity contribution < 1.29 is 9.21 Å². The third-order valence-electron chi connectivity index (χ3n) is 4.74. The van der Waals surface area contributed by atoms with Crippen LogP contribution in [-0.4, -0.2) is 16.6 Å². The summed E-state index contributed by atoms with van der Waals surface area (Å²) in [5.41, 5.74) is 6.19. The molecule has 0 spiro atoms. The Morgan fingerprint density at radius 2 is 1.56 bits per heavy atom. The second kappa shape index (κ2) is 6.59. The number of thioether (sulfide) groups is 1. The first-order chi connectivity index (χ1) is 13.3. The monoisotopic (exact) mass is 372 g/mol. The van der Waals surface area contributed by atoms with Crippen LogP contribution in [0.25, 0.3) is 22.2 Å². The van der Waals surface area contributed by atoms with Crippen LogP contribution < -0.4 is 5.32 Å². The van der Waals surface area contributed by atoms with Crippen molar-refractivity contribution in [1.29, 1.82) is 0 Å². The van der Waals surface area contributed by atoms with E-state index >= 15 is 0 Å². The number of carbonyl (C=O) groups excluding carboxylic acids is 1. The molecule has 27 heavy (non-hydrogen) atoms. The minimum absolute atomic E-state index is 0.0428. The van der Waals surface area contributed by atoms with Crippen molar-refractivity contribution in [2.45, 2.75) is 11.3 Å². The Kier molecular flexibility index (Phi) is 3.94. The van der Waals surface area contributed by atoms with Gasteiger partial charge in [0.25, 0.3) is 5.22 Å². The van der Waals surface area contributed by atoms with Gasteiger partial charge >= 0.3 is 0 Å². The molecule has 3 aromatic carbocycles. The van der Waals surface area contributed by atoms with Crippen LogP contribution in [0.2, 0.25) is 0 Å². The van der Waals surface area contributed by atoms with Crippen LogP contribution in [-0.2, 0) is 4.79 Å². The van der Waals surface area contributed by atoms with Gasteiger partial charge in [0.05, 0.1) is 11.8 Å². The number of fused-ring (bicyclic) bond motifs is 4. The molecule has 0 saturated carbocycles. The van der Waals surface area contributed by atoms with Crippen LogP contribution in [0.5, 0.6) is 0 Å². The van der Waals surface area contributed by atoms with E-state index < -0.39 is 0 Å². The lowest BCUT2D eigenvalue weighted by atomic mass is 10.1. The number of carbonyl (C=O) groups is 1. The predicted molar refractivity (Wildman–Crippen MR) is 107 cm³/mol. The molecule has 5 heteroatoms. The number of benzene rings is 3. The Bertz CT molecular complexity index is 1070. The maximum absolute atomic E-state index is 12.6. The van der Waals surface area contributed by atoms with Crippen molar-refractivity contribution in [3.63, 3.8) is 0 Å². The van der Waals surface area contributed by atoms with Crippen molar-refractivity contribution in [3.8, 4) is 11.1 Å². The van der Waals surface area contributed by atoms with E-state index in [0.717, 1.165) is 22.2 Å². The highest BCUT2D eigenvalue weighted by atomic mass is 32.2. The molecule has 0 radical (unpaired) electrons. The number of nitrogens with one attached hydrogen (secondary N) is 1. The Labute approximate surface area is 160 Å². The van der Waals surface area contributed by atoms with Gasteiger partial charge in [-0.1, -0.05) is 72.4 Å². The number of para-hydroxylation sites is 2. The fourth-order valence-corrected chi connectivity index (χ4v) is 4.20. The quantitative estimate of drug-likeness (QED) is 0.523. The van der Waals surface area contributed by atoms with Gasteiger partial charge in [-0.25, -0.2) is 4.98 Å². The third-order valence-corrected chi connectivity index (χ3v) is 5.57. The van der Waals surface area contributed by atoms with Crippen LogP contribution in [0.4, 0.5) is 0 Å². The summed E-state index contributed by atoms with van der Waals surface area (Å²) in [6.45, 7) is 0. The highest BCUT2D eigenvalue weighted by Crippen LogP contribution is 2.43. The van der Waals surface area contributed by atoms with Crippen molar-refractivity contribution in [2.75, 3.05) is 5.75 Å². The first kappa shape index (κ1) is 16.1. The molecule has 0 unspecified atom stereocenters. The lowest BCUT2D eigenvalue weighted by molar-refractivity contribution is -0.119. The van der Waals surface area contributed by atoms with E-state index in [-0.39, 0.29) is 17.7 Å². The summed E-state index contributed by atoms with van der Waals surface area (Å²) in [7, 11) is 0. The number of aromatic nitrogens is 1. The van der Waals surface area contributed by atoms with E-state index in [2.05, 4.69) is 34.6 Å². The molecule has 1 amide bonds. The molecular weight excluding hydrogens is 356 g/mol. The normalized spacial score (nSPS) is 12.7. The molecule has 0 aliphatic heterocycles. The maximum atomic E-state index is 12.6. The van der Waals surface area contributed by atoms with Gasteiger partial charge in [0.15, 0.2) is 5.58 Å². The van der Waals surface area contributed by atoms with Gasteiger partial charge in [-0.15, -0.1) is 0 Å². The average molecular weight is 372 g/mol. The summed E-state index contributed by atoms with van der Waals surface area (Å²) in [5.74, 6) is 0.215. The van der Waals surface area contributed by atoms with Crippen molar-refractivity contribution in [2.24, 2.45) is 0 Å². The summed E-state index contributed by atoms with van der Waals surface area (Å²) < 4.78 is 5.67. The molecule has 1 aromatic heterocycles. The van der Waals surface area contributed by atoms with Gasteiger partial charge in [0.1, 0.15) is 5.52 Å². The minimum atomic E-state index is -0.117. The minimum Gasteiger partial charge on any atom is -0.431 e. The number of amides is 1. The number of nitrogens with zero attached hydrogens (tertiary/aromatic N) is 1. The summed E-state index contributed by atoms with van der Waals surface area (Å²) in [4.78, 5) is 17.0. The van der Waals surface area contributed by atoms with Crippen LogP contribution in [0.1, 0.15) is 17.2 Å². The zero-order chi connectivity index (χ0) is 18.2. The van der Waals surface area contributed by atoms with Gasteiger partial charge in [-0.2, -0.15) is 0 Å². The summed E-state index contributed by atoms with van der Waals surface area (Å²) in [5, 5.41) is 3.68. The van der Waals surface area contributed by atoms with Crippen LogP contribution in [0.15, 0.2) is 82.4 Å². The topological polar surface area (TPSA) is 55.1 Å². The summed E-state index contributed by atoms with van der Waals surface area (Å²) in [6.07, 6.45) is 0. The average Bonchev–Trinajstić information content (AvgIpc) is 3.26. The van der Waals surface area contributed by atoms with Gasteiger partial charge in [0, 0.05) is 0 Å². The zero-order valence-electron chi connectivity index (χ0n) is 14.4. The molecule has 0 atom stereocenters. The molecule has 0 fully saturated rings. The van der Waals surface area contributed by atoms with Crippen molar-refractivity contribution in [3.05, 3.63) is 83.9 Å². The fourth-order valence-electron chi connectivity index (χ4n) is 3.55. The molecular formula is C22H16N2O2S. The molecule has 4 aromatic rings. The Hall–Kier alpha value is -3.05. The predicted octanol–water partition coefficient (Wildman–Crippen LogP) is 4.81. The highest BCUT2D eigenvalue weighted by Gasteiger charge is 2.29. The molecule has 5 rings (SSSR count). The number of rotatable bonds is 4. The van der Waals surface area contributed by atoms with Gasteiger partial charge in [-0.05, 0) is 34.4 Å². The fraction of sp³-hybridized carbons (Fsp3) is 0.0909. The second-order valence-corrected chi connectivity index (χ2v) is 7.34. The SMILES string of the molecule is O=C(CSc1nc2ccccc2o1)NC1c2ccccc2-c2ccccc21. The van der Waals surface area contributed by atoms with Crippen LogP contribution in [0.3, 0.4) is 0 Å². The Morgan fingerprint density at radius 3 is 2.26 bits per heavy atom. The Morgan fingerprint density at radius 1 is 0.926 bits per heavy atom. The van der Waals surface area contributed by atoms with E-state index in [1.807, 2.05) is 48.5 Å². The van der Waals surface area contributed by atoms with Crippen molar-refractivity contribution >= 4 is 28.8 Å². The van der Waals surface area contributed by atoms with E-state index in [1.165, 1.54) is 22.9 Å². The summed E-state index contributed by atoms with van der Waals surface area (Å²) >= 11 is 1.31. The van der Waals surface area contributed by atoms with E-state index in [1.54, 1.807) is 0 Å². The third kappa shape index (κ3) is 2.90. The van der Waals surface area contributed by atoms with E-state index in [4.69, 9.17) is 4.42 Å². The van der Waals surface area contributed by atoms with Gasteiger partial charge in [0.2, 0.25) is 5.91 Å².